The standard InChI is InChI=1S/C19H25NO10/c20-6-11(9-4-2-1-3-5-9)29-19-17(26)15(24)14(23)12(30-19)8-28-18-16(25)13(22)10(21)7-27-18/h1-5,10-19,21-26H,7-8H2/t10-,11+,12-,13-,14-,15-,16+,17-,18-,19-/m1/s1. The summed E-state index contributed by atoms with van der Waals surface area (Å²) >= 11 is 0. The van der Waals surface area contributed by atoms with Crippen molar-refractivity contribution in [2.75, 3.05) is 13.2 Å². The van der Waals surface area contributed by atoms with E-state index in [0.717, 1.165) is 0 Å². The van der Waals surface area contributed by atoms with Crippen LogP contribution in [0.3, 0.4) is 0 Å². The molecule has 2 aliphatic heterocycles. The maximum atomic E-state index is 10.2. The van der Waals surface area contributed by atoms with Gasteiger partial charge in [0, 0.05) is 0 Å². The van der Waals surface area contributed by atoms with Crippen molar-refractivity contribution in [3.05, 3.63) is 35.9 Å². The van der Waals surface area contributed by atoms with Crippen LogP contribution in [0, 0.1) is 11.3 Å². The lowest BCUT2D eigenvalue weighted by Crippen LogP contribution is -2.60. The molecule has 2 fully saturated rings. The minimum Gasteiger partial charge on any atom is -0.388 e. The van der Waals surface area contributed by atoms with Gasteiger partial charge in [-0.05, 0) is 5.56 Å². The molecule has 0 saturated carbocycles. The van der Waals surface area contributed by atoms with Gasteiger partial charge in [-0.3, -0.25) is 0 Å². The summed E-state index contributed by atoms with van der Waals surface area (Å²) in [5.41, 5.74) is 0.510. The molecular weight excluding hydrogens is 402 g/mol. The van der Waals surface area contributed by atoms with E-state index >= 15 is 0 Å². The van der Waals surface area contributed by atoms with Gasteiger partial charge in [-0.1, -0.05) is 30.3 Å². The monoisotopic (exact) mass is 427 g/mol. The fourth-order valence-corrected chi connectivity index (χ4v) is 3.23. The van der Waals surface area contributed by atoms with Crippen LogP contribution in [-0.2, 0) is 18.9 Å². The Hall–Kier alpha value is -1.69. The first-order valence-electron chi connectivity index (χ1n) is 9.40. The molecule has 1 aromatic rings. The van der Waals surface area contributed by atoms with Crippen molar-refractivity contribution in [3.63, 3.8) is 0 Å². The largest absolute Gasteiger partial charge is 0.388 e. The number of aliphatic hydroxyl groups is 6. The van der Waals surface area contributed by atoms with Crippen LogP contribution in [-0.4, -0.2) is 99.2 Å². The molecule has 11 heteroatoms. The smallest absolute Gasteiger partial charge is 0.188 e. The van der Waals surface area contributed by atoms with Crippen LogP contribution < -0.4 is 0 Å². The fraction of sp³-hybridized carbons (Fsp3) is 0.632. The van der Waals surface area contributed by atoms with Crippen LogP contribution >= 0.6 is 0 Å². The average molecular weight is 427 g/mol. The average Bonchev–Trinajstić information content (AvgIpc) is 2.76. The van der Waals surface area contributed by atoms with E-state index in [4.69, 9.17) is 18.9 Å². The summed E-state index contributed by atoms with van der Waals surface area (Å²) in [5, 5.41) is 69.0. The second kappa shape index (κ2) is 10.1. The fourth-order valence-electron chi connectivity index (χ4n) is 3.23. The Kier molecular flexibility index (Phi) is 7.72. The van der Waals surface area contributed by atoms with Crippen molar-refractivity contribution < 1.29 is 49.6 Å². The minimum atomic E-state index is -1.66. The Morgan fingerprint density at radius 2 is 1.60 bits per heavy atom. The number of benzene rings is 1. The molecule has 0 unspecified atom stereocenters. The van der Waals surface area contributed by atoms with Crippen LogP contribution in [0.25, 0.3) is 0 Å². The molecule has 0 radical (unpaired) electrons. The number of nitrogens with zero attached hydrogens (tertiary/aromatic N) is 1. The predicted octanol–water partition coefficient (Wildman–Crippen LogP) is -2.47. The second-order valence-electron chi connectivity index (χ2n) is 7.15. The first-order valence-corrected chi connectivity index (χ1v) is 9.40. The van der Waals surface area contributed by atoms with Gasteiger partial charge in [-0.2, -0.15) is 5.26 Å². The molecular formula is C19H25NO10. The van der Waals surface area contributed by atoms with E-state index in [1.807, 2.05) is 6.07 Å². The van der Waals surface area contributed by atoms with Gasteiger partial charge in [0.15, 0.2) is 18.7 Å². The highest BCUT2D eigenvalue weighted by Crippen LogP contribution is 2.28. The Labute approximate surface area is 172 Å². The molecule has 11 nitrogen and oxygen atoms in total. The van der Waals surface area contributed by atoms with E-state index in [-0.39, 0.29) is 6.61 Å². The van der Waals surface area contributed by atoms with Crippen LogP contribution in [0.5, 0.6) is 0 Å². The van der Waals surface area contributed by atoms with E-state index in [1.54, 1.807) is 30.3 Å². The third-order valence-electron chi connectivity index (χ3n) is 5.04. The minimum absolute atomic E-state index is 0.273. The number of nitriles is 1. The van der Waals surface area contributed by atoms with E-state index in [0.29, 0.717) is 5.56 Å². The highest BCUT2D eigenvalue weighted by atomic mass is 16.7. The molecule has 0 amide bonds. The van der Waals surface area contributed by atoms with Gasteiger partial charge < -0.3 is 49.6 Å². The Bertz CT molecular complexity index is 715. The van der Waals surface area contributed by atoms with Gasteiger partial charge in [0.2, 0.25) is 0 Å². The van der Waals surface area contributed by atoms with Gasteiger partial charge in [0.25, 0.3) is 0 Å². The summed E-state index contributed by atoms with van der Waals surface area (Å²) in [4.78, 5) is 0. The molecule has 2 saturated heterocycles. The number of rotatable bonds is 6. The number of aliphatic hydroxyl groups excluding tert-OH is 6. The van der Waals surface area contributed by atoms with Gasteiger partial charge in [-0.15, -0.1) is 0 Å². The molecule has 2 heterocycles. The van der Waals surface area contributed by atoms with Crippen molar-refractivity contribution in [2.24, 2.45) is 0 Å². The number of hydrogen-bond donors (Lipinski definition) is 6. The van der Waals surface area contributed by atoms with Gasteiger partial charge in [0.1, 0.15) is 42.7 Å². The summed E-state index contributed by atoms with van der Waals surface area (Å²) in [6.45, 7) is -0.678. The molecule has 30 heavy (non-hydrogen) atoms. The highest BCUT2D eigenvalue weighted by molar-refractivity contribution is 5.22. The maximum Gasteiger partial charge on any atom is 0.188 e. The first kappa shape index (κ1) is 23.0. The lowest BCUT2D eigenvalue weighted by molar-refractivity contribution is -0.325. The predicted molar refractivity (Wildman–Crippen MR) is 96.3 cm³/mol. The quantitative estimate of drug-likeness (QED) is 0.283. The summed E-state index contributed by atoms with van der Waals surface area (Å²) < 4.78 is 21.5. The van der Waals surface area contributed by atoms with E-state index < -0.39 is 68.0 Å². The molecule has 2 aliphatic rings. The molecule has 6 N–H and O–H groups in total. The Morgan fingerprint density at radius 3 is 2.27 bits per heavy atom. The zero-order valence-electron chi connectivity index (χ0n) is 15.8. The molecule has 166 valence electrons. The summed E-state index contributed by atoms with van der Waals surface area (Å²) in [6.07, 6.45) is -14.2. The summed E-state index contributed by atoms with van der Waals surface area (Å²) in [5.74, 6) is 0. The third-order valence-corrected chi connectivity index (χ3v) is 5.04. The van der Waals surface area contributed by atoms with E-state index in [9.17, 15) is 35.9 Å². The van der Waals surface area contributed by atoms with Gasteiger partial charge in [0.05, 0.1) is 19.3 Å². The topological polar surface area (TPSA) is 182 Å². The van der Waals surface area contributed by atoms with Crippen LogP contribution in [0.1, 0.15) is 11.7 Å². The number of hydrogen-bond acceptors (Lipinski definition) is 11. The zero-order chi connectivity index (χ0) is 21.8. The molecule has 0 bridgehead atoms. The molecule has 0 aromatic heterocycles. The third kappa shape index (κ3) is 4.96. The molecule has 0 aliphatic carbocycles. The Balaban J connectivity index is 1.63. The zero-order valence-corrected chi connectivity index (χ0v) is 15.8. The van der Waals surface area contributed by atoms with Crippen molar-refractivity contribution in [3.8, 4) is 6.07 Å². The van der Waals surface area contributed by atoms with E-state index in [1.165, 1.54) is 0 Å². The second-order valence-corrected chi connectivity index (χ2v) is 7.15. The van der Waals surface area contributed by atoms with Crippen molar-refractivity contribution >= 4 is 0 Å². The van der Waals surface area contributed by atoms with Crippen molar-refractivity contribution in [2.45, 2.75) is 61.4 Å². The van der Waals surface area contributed by atoms with Crippen molar-refractivity contribution in [1.82, 2.24) is 0 Å². The van der Waals surface area contributed by atoms with Crippen LogP contribution in [0.15, 0.2) is 30.3 Å². The summed E-state index contributed by atoms with van der Waals surface area (Å²) in [7, 11) is 0. The van der Waals surface area contributed by atoms with Gasteiger partial charge in [-0.25, -0.2) is 0 Å². The molecule has 1 aromatic carbocycles. The van der Waals surface area contributed by atoms with Crippen LogP contribution in [0.4, 0.5) is 0 Å². The first-order chi connectivity index (χ1) is 14.3. The molecule has 0 spiro atoms. The summed E-state index contributed by atoms with van der Waals surface area (Å²) in [6, 6.07) is 10.4. The molecule has 3 rings (SSSR count). The lowest BCUT2D eigenvalue weighted by atomic mass is 9.99. The van der Waals surface area contributed by atoms with Gasteiger partial charge >= 0.3 is 0 Å². The SMILES string of the molecule is N#C[C@H](O[C@@H]1O[C@H](CO[C@H]2OC[C@@H](O)[C@@H](O)[C@@H]2O)[C@@H](O)[C@@H](O)[C@H]1O)c1ccccc1. The normalized spacial score (nSPS) is 40.5. The Morgan fingerprint density at radius 1 is 0.933 bits per heavy atom. The molecule has 10 atom stereocenters. The van der Waals surface area contributed by atoms with Crippen LogP contribution in [0.2, 0.25) is 0 Å². The maximum absolute atomic E-state index is 10.2. The highest BCUT2D eigenvalue weighted by Gasteiger charge is 2.46. The van der Waals surface area contributed by atoms with Crippen molar-refractivity contribution in [1.29, 1.82) is 5.26 Å². The lowest BCUT2D eigenvalue weighted by Gasteiger charge is -2.41. The van der Waals surface area contributed by atoms with E-state index in [2.05, 4.69) is 0 Å². The number of ether oxygens (including phenoxy) is 4.